The lowest BCUT2D eigenvalue weighted by Crippen LogP contribution is -2.49. The Morgan fingerprint density at radius 2 is 2.31 bits per heavy atom. The van der Waals surface area contributed by atoms with E-state index in [9.17, 15) is 5.11 Å². The first-order valence-corrected chi connectivity index (χ1v) is 6.37. The second kappa shape index (κ2) is 4.02. The molecule has 1 fully saturated rings. The number of ether oxygens (including phenoxy) is 1. The number of aliphatic hydroxyl groups excluding tert-OH is 1. The van der Waals surface area contributed by atoms with Crippen molar-refractivity contribution in [1.29, 1.82) is 0 Å². The van der Waals surface area contributed by atoms with Crippen molar-refractivity contribution < 1.29 is 9.84 Å². The zero-order chi connectivity index (χ0) is 11.1. The molecule has 1 saturated heterocycles. The van der Waals surface area contributed by atoms with Crippen molar-refractivity contribution in [3.63, 3.8) is 0 Å². The molecule has 2 heterocycles. The molecule has 0 saturated carbocycles. The second-order valence-electron chi connectivity index (χ2n) is 4.38. The number of hydrogen-bond acceptors (Lipinski definition) is 3. The summed E-state index contributed by atoms with van der Waals surface area (Å²) in [7, 11) is 0. The lowest BCUT2D eigenvalue weighted by atomic mass is 9.93. The molecule has 1 N–H and O–H groups in total. The number of hydrogen-bond donors (Lipinski definition) is 1. The molecule has 86 valence electrons. The standard InChI is InChI=1S/C12H14BrNO2/c13-8-1-2-10-11(5-8)14-3-4-16-7-9(14)6-12(10)15/h1-2,5,9,12,15H,3-4,6-7H2/t9-,12-/m0/s1. The van der Waals surface area contributed by atoms with Gasteiger partial charge in [-0.3, -0.25) is 0 Å². The van der Waals surface area contributed by atoms with E-state index in [1.165, 1.54) is 0 Å². The van der Waals surface area contributed by atoms with Gasteiger partial charge in [0.25, 0.3) is 0 Å². The first-order chi connectivity index (χ1) is 7.75. The minimum atomic E-state index is -0.356. The van der Waals surface area contributed by atoms with Crippen molar-refractivity contribution in [2.24, 2.45) is 0 Å². The van der Waals surface area contributed by atoms with Crippen molar-refractivity contribution in [2.75, 3.05) is 24.7 Å². The topological polar surface area (TPSA) is 32.7 Å². The normalized spacial score (nSPS) is 28.5. The SMILES string of the molecule is O[C@H]1C[C@H]2COCCN2c2cc(Br)ccc21. The van der Waals surface area contributed by atoms with Crippen LogP contribution < -0.4 is 4.90 Å². The quantitative estimate of drug-likeness (QED) is 0.792. The van der Waals surface area contributed by atoms with Gasteiger partial charge >= 0.3 is 0 Å². The fourth-order valence-electron chi connectivity index (χ4n) is 2.60. The molecule has 4 heteroatoms. The van der Waals surface area contributed by atoms with Crippen LogP contribution in [-0.2, 0) is 4.74 Å². The smallest absolute Gasteiger partial charge is 0.0830 e. The molecule has 0 amide bonds. The summed E-state index contributed by atoms with van der Waals surface area (Å²) in [5.41, 5.74) is 2.20. The molecular formula is C12H14BrNO2. The molecule has 1 aromatic carbocycles. The Hall–Kier alpha value is -0.580. The summed E-state index contributed by atoms with van der Waals surface area (Å²) >= 11 is 3.49. The summed E-state index contributed by atoms with van der Waals surface area (Å²) < 4.78 is 6.53. The van der Waals surface area contributed by atoms with E-state index in [4.69, 9.17) is 4.74 Å². The average molecular weight is 284 g/mol. The van der Waals surface area contributed by atoms with Gasteiger partial charge in [0.2, 0.25) is 0 Å². The molecule has 0 unspecified atom stereocenters. The molecule has 0 aromatic heterocycles. The number of nitrogens with zero attached hydrogens (tertiary/aromatic N) is 1. The number of fused-ring (bicyclic) bond motifs is 3. The lowest BCUT2D eigenvalue weighted by molar-refractivity contribution is 0.0611. The molecule has 2 atom stereocenters. The van der Waals surface area contributed by atoms with Gasteiger partial charge in [-0.25, -0.2) is 0 Å². The van der Waals surface area contributed by atoms with Crippen LogP contribution in [0.1, 0.15) is 18.1 Å². The fourth-order valence-corrected chi connectivity index (χ4v) is 2.95. The molecular weight excluding hydrogens is 270 g/mol. The maximum Gasteiger partial charge on any atom is 0.0830 e. The van der Waals surface area contributed by atoms with Crippen molar-refractivity contribution in [3.05, 3.63) is 28.2 Å². The van der Waals surface area contributed by atoms with Crippen LogP contribution in [0.25, 0.3) is 0 Å². The van der Waals surface area contributed by atoms with Crippen LogP contribution in [0.2, 0.25) is 0 Å². The highest BCUT2D eigenvalue weighted by Gasteiger charge is 2.33. The van der Waals surface area contributed by atoms with Crippen molar-refractivity contribution in [3.8, 4) is 0 Å². The first kappa shape index (κ1) is 10.6. The molecule has 16 heavy (non-hydrogen) atoms. The van der Waals surface area contributed by atoms with Crippen LogP contribution in [0.5, 0.6) is 0 Å². The molecule has 0 bridgehead atoms. The Bertz CT molecular complexity index is 410. The molecule has 3 rings (SSSR count). The number of halogens is 1. The van der Waals surface area contributed by atoms with Gasteiger partial charge < -0.3 is 14.7 Å². The van der Waals surface area contributed by atoms with Gasteiger partial charge in [0.05, 0.1) is 25.4 Å². The highest BCUT2D eigenvalue weighted by molar-refractivity contribution is 9.10. The number of morpholine rings is 1. The number of anilines is 1. The summed E-state index contributed by atoms with van der Waals surface area (Å²) in [5.74, 6) is 0. The van der Waals surface area contributed by atoms with E-state index in [0.717, 1.165) is 41.9 Å². The Balaban J connectivity index is 2.05. The second-order valence-corrected chi connectivity index (χ2v) is 5.29. The number of rotatable bonds is 0. The van der Waals surface area contributed by atoms with Gasteiger partial charge in [-0.15, -0.1) is 0 Å². The predicted molar refractivity (Wildman–Crippen MR) is 65.7 cm³/mol. The fraction of sp³-hybridized carbons (Fsp3) is 0.500. The Morgan fingerprint density at radius 1 is 1.44 bits per heavy atom. The van der Waals surface area contributed by atoms with Crippen LogP contribution >= 0.6 is 15.9 Å². The molecule has 1 aromatic rings. The van der Waals surface area contributed by atoms with E-state index in [1.54, 1.807) is 0 Å². The van der Waals surface area contributed by atoms with Gasteiger partial charge in [0, 0.05) is 28.7 Å². The number of aliphatic hydroxyl groups is 1. The Kier molecular flexibility index (Phi) is 2.65. The number of benzene rings is 1. The summed E-state index contributed by atoms with van der Waals surface area (Å²) in [5, 5.41) is 10.1. The van der Waals surface area contributed by atoms with E-state index in [0.29, 0.717) is 6.04 Å². The molecule has 0 radical (unpaired) electrons. The third-order valence-corrected chi connectivity index (χ3v) is 3.88. The van der Waals surface area contributed by atoms with Crippen LogP contribution in [0, 0.1) is 0 Å². The third kappa shape index (κ3) is 1.65. The van der Waals surface area contributed by atoms with Crippen molar-refractivity contribution >= 4 is 21.6 Å². The van der Waals surface area contributed by atoms with Crippen molar-refractivity contribution in [1.82, 2.24) is 0 Å². The predicted octanol–water partition coefficient (Wildman–Crippen LogP) is 2.09. The minimum absolute atomic E-state index is 0.325. The lowest BCUT2D eigenvalue weighted by Gasteiger charge is -2.43. The summed E-state index contributed by atoms with van der Waals surface area (Å²) in [6.45, 7) is 2.42. The summed E-state index contributed by atoms with van der Waals surface area (Å²) in [6, 6.07) is 6.42. The van der Waals surface area contributed by atoms with Gasteiger partial charge in [-0.05, 0) is 12.1 Å². The van der Waals surface area contributed by atoms with Crippen LogP contribution in [-0.4, -0.2) is 30.9 Å². The van der Waals surface area contributed by atoms with Crippen molar-refractivity contribution in [2.45, 2.75) is 18.6 Å². The van der Waals surface area contributed by atoms with E-state index in [-0.39, 0.29) is 6.10 Å². The average Bonchev–Trinajstić information content (AvgIpc) is 2.29. The summed E-state index contributed by atoms with van der Waals surface area (Å²) in [6.07, 6.45) is 0.417. The maximum atomic E-state index is 10.1. The molecule has 3 nitrogen and oxygen atoms in total. The zero-order valence-corrected chi connectivity index (χ0v) is 10.5. The van der Waals surface area contributed by atoms with E-state index < -0.39 is 0 Å². The van der Waals surface area contributed by atoms with Gasteiger partial charge in [-0.1, -0.05) is 22.0 Å². The van der Waals surface area contributed by atoms with E-state index in [2.05, 4.69) is 26.9 Å². The van der Waals surface area contributed by atoms with Gasteiger partial charge in [-0.2, -0.15) is 0 Å². The molecule has 2 aliphatic rings. The van der Waals surface area contributed by atoms with Crippen LogP contribution in [0.4, 0.5) is 5.69 Å². The first-order valence-electron chi connectivity index (χ1n) is 5.57. The molecule has 2 aliphatic heterocycles. The van der Waals surface area contributed by atoms with E-state index in [1.807, 2.05) is 12.1 Å². The Labute approximate surface area is 103 Å². The molecule has 0 aliphatic carbocycles. The molecule has 0 spiro atoms. The minimum Gasteiger partial charge on any atom is -0.388 e. The zero-order valence-electron chi connectivity index (χ0n) is 8.90. The largest absolute Gasteiger partial charge is 0.388 e. The van der Waals surface area contributed by atoms with Crippen LogP contribution in [0.15, 0.2) is 22.7 Å². The highest BCUT2D eigenvalue weighted by atomic mass is 79.9. The third-order valence-electron chi connectivity index (χ3n) is 3.38. The monoisotopic (exact) mass is 283 g/mol. The van der Waals surface area contributed by atoms with Gasteiger partial charge in [0.15, 0.2) is 0 Å². The summed E-state index contributed by atoms with van der Waals surface area (Å²) in [4.78, 5) is 2.36. The van der Waals surface area contributed by atoms with E-state index >= 15 is 0 Å². The van der Waals surface area contributed by atoms with Gasteiger partial charge in [0.1, 0.15) is 0 Å². The maximum absolute atomic E-state index is 10.1. The highest BCUT2D eigenvalue weighted by Crippen LogP contribution is 2.39. The Morgan fingerprint density at radius 3 is 3.19 bits per heavy atom. The van der Waals surface area contributed by atoms with Crippen LogP contribution in [0.3, 0.4) is 0 Å².